The van der Waals surface area contributed by atoms with Gasteiger partial charge in [-0.25, -0.2) is 4.99 Å². The molecule has 2 aromatic carbocycles. The van der Waals surface area contributed by atoms with Gasteiger partial charge in [-0.05, 0) is 23.3 Å². The largest absolute Gasteiger partial charge is 0.370 e. The summed E-state index contributed by atoms with van der Waals surface area (Å²) >= 11 is 0. The van der Waals surface area contributed by atoms with Crippen LogP contribution < -0.4 is 17.2 Å². The zero-order chi connectivity index (χ0) is 16.2. The lowest BCUT2D eigenvalue weighted by atomic mass is 9.78. The summed E-state index contributed by atoms with van der Waals surface area (Å²) in [5.41, 5.74) is 19.2. The van der Waals surface area contributed by atoms with Crippen molar-refractivity contribution in [3.8, 4) is 0 Å². The Morgan fingerprint density at radius 2 is 1.36 bits per heavy atom. The van der Waals surface area contributed by atoms with Gasteiger partial charge in [0.1, 0.15) is 0 Å². The molecule has 5 heteroatoms. The Bertz CT molecular complexity index is 681. The Morgan fingerprint density at radius 3 is 1.91 bits per heavy atom. The second-order valence-corrected chi connectivity index (χ2v) is 5.54. The zero-order valence-electron chi connectivity index (χ0n) is 12.8. The van der Waals surface area contributed by atoms with Crippen LogP contribution in [-0.2, 0) is 5.41 Å². The molecule has 0 unspecified atom stereocenters. The first kappa shape index (κ1) is 15.6. The maximum Gasteiger partial charge on any atom is 0.223 e. The molecular formula is C17H21N5. The van der Waals surface area contributed by atoms with E-state index in [1.807, 2.05) is 42.5 Å². The van der Waals surface area contributed by atoms with Gasteiger partial charge in [0, 0.05) is 5.41 Å². The van der Waals surface area contributed by atoms with Gasteiger partial charge in [0.25, 0.3) is 0 Å². The molecular weight excluding hydrogens is 274 g/mol. The molecule has 22 heavy (non-hydrogen) atoms. The van der Waals surface area contributed by atoms with Gasteiger partial charge in [-0.2, -0.15) is 4.99 Å². The first-order chi connectivity index (χ1) is 10.4. The molecule has 0 saturated carbocycles. The standard InChI is InChI=1S/C17H21N5/c1-17(2,12-6-4-3-5-7-12)13-8-10-14(11-9-13)21-16(20)22-15(18)19/h3-11H,1-2H3,(H6,18,19,20,21,22). The third kappa shape index (κ3) is 3.63. The van der Waals surface area contributed by atoms with Gasteiger partial charge in [-0.1, -0.05) is 56.3 Å². The summed E-state index contributed by atoms with van der Waals surface area (Å²) in [5.74, 6) is -0.0712. The van der Waals surface area contributed by atoms with E-state index in [-0.39, 0.29) is 17.3 Å². The van der Waals surface area contributed by atoms with Gasteiger partial charge in [-0.15, -0.1) is 0 Å². The van der Waals surface area contributed by atoms with Crippen molar-refractivity contribution in [1.29, 1.82) is 0 Å². The average molecular weight is 295 g/mol. The average Bonchev–Trinajstić information content (AvgIpc) is 2.48. The van der Waals surface area contributed by atoms with Crippen LogP contribution >= 0.6 is 0 Å². The molecule has 0 atom stereocenters. The van der Waals surface area contributed by atoms with E-state index in [4.69, 9.17) is 17.2 Å². The lowest BCUT2D eigenvalue weighted by molar-refractivity contribution is 0.641. The van der Waals surface area contributed by atoms with Gasteiger partial charge in [0.15, 0.2) is 5.96 Å². The molecule has 5 nitrogen and oxygen atoms in total. The van der Waals surface area contributed by atoms with Gasteiger partial charge in [0.05, 0.1) is 5.69 Å². The Kier molecular flexibility index (Phi) is 4.46. The minimum absolute atomic E-state index is 0.0371. The Hall–Kier alpha value is -2.82. The summed E-state index contributed by atoms with van der Waals surface area (Å²) in [6, 6.07) is 18.2. The van der Waals surface area contributed by atoms with E-state index >= 15 is 0 Å². The van der Waals surface area contributed by atoms with E-state index in [1.165, 1.54) is 11.1 Å². The van der Waals surface area contributed by atoms with Crippen molar-refractivity contribution in [2.75, 3.05) is 0 Å². The van der Waals surface area contributed by atoms with Gasteiger partial charge in [0.2, 0.25) is 5.96 Å². The molecule has 2 aromatic rings. The number of hydrogen-bond donors (Lipinski definition) is 3. The van der Waals surface area contributed by atoms with Crippen LogP contribution in [0.4, 0.5) is 5.69 Å². The molecule has 0 aliphatic carbocycles. The highest BCUT2D eigenvalue weighted by Crippen LogP contribution is 2.32. The molecule has 0 heterocycles. The predicted octanol–water partition coefficient (Wildman–Crippen LogP) is 2.23. The fraction of sp³-hybridized carbons (Fsp3) is 0.176. The van der Waals surface area contributed by atoms with Crippen molar-refractivity contribution in [2.45, 2.75) is 19.3 Å². The number of nitrogens with zero attached hydrogens (tertiary/aromatic N) is 2. The highest BCUT2D eigenvalue weighted by Gasteiger charge is 2.22. The fourth-order valence-electron chi connectivity index (χ4n) is 2.26. The van der Waals surface area contributed by atoms with Crippen LogP contribution in [0, 0.1) is 0 Å². The highest BCUT2D eigenvalue weighted by atomic mass is 15.1. The van der Waals surface area contributed by atoms with Crippen LogP contribution in [0.25, 0.3) is 0 Å². The minimum Gasteiger partial charge on any atom is -0.370 e. The quantitative estimate of drug-likeness (QED) is 0.597. The highest BCUT2D eigenvalue weighted by molar-refractivity contribution is 5.93. The van der Waals surface area contributed by atoms with Crippen molar-refractivity contribution >= 4 is 17.6 Å². The monoisotopic (exact) mass is 295 g/mol. The number of benzene rings is 2. The molecule has 0 aliphatic heterocycles. The molecule has 0 spiro atoms. The second-order valence-electron chi connectivity index (χ2n) is 5.54. The number of guanidine groups is 2. The molecule has 0 aliphatic rings. The number of nitrogens with two attached hydrogens (primary N) is 3. The summed E-state index contributed by atoms with van der Waals surface area (Å²) < 4.78 is 0. The second kappa shape index (κ2) is 6.30. The van der Waals surface area contributed by atoms with Gasteiger partial charge >= 0.3 is 0 Å². The predicted molar refractivity (Wildman–Crippen MR) is 92.1 cm³/mol. The van der Waals surface area contributed by atoms with E-state index in [2.05, 4.69) is 36.0 Å². The lowest BCUT2D eigenvalue weighted by Crippen LogP contribution is -2.26. The van der Waals surface area contributed by atoms with Crippen LogP contribution in [0.5, 0.6) is 0 Å². The van der Waals surface area contributed by atoms with Crippen molar-refractivity contribution in [1.82, 2.24) is 0 Å². The van der Waals surface area contributed by atoms with E-state index in [0.717, 1.165) is 0 Å². The molecule has 6 N–H and O–H groups in total. The first-order valence-electron chi connectivity index (χ1n) is 6.99. The van der Waals surface area contributed by atoms with Crippen LogP contribution in [0.1, 0.15) is 25.0 Å². The Labute approximate surface area is 130 Å². The first-order valence-corrected chi connectivity index (χ1v) is 6.99. The maximum atomic E-state index is 5.62. The molecule has 2 rings (SSSR count). The van der Waals surface area contributed by atoms with Crippen molar-refractivity contribution < 1.29 is 0 Å². The smallest absolute Gasteiger partial charge is 0.223 e. The third-order valence-corrected chi connectivity index (χ3v) is 3.57. The van der Waals surface area contributed by atoms with Crippen molar-refractivity contribution in [3.63, 3.8) is 0 Å². The summed E-state index contributed by atoms with van der Waals surface area (Å²) in [7, 11) is 0. The topological polar surface area (TPSA) is 103 Å². The molecule has 114 valence electrons. The molecule has 0 amide bonds. The molecule has 0 aromatic heterocycles. The van der Waals surface area contributed by atoms with Crippen LogP contribution in [0.15, 0.2) is 64.6 Å². The third-order valence-electron chi connectivity index (χ3n) is 3.57. The lowest BCUT2D eigenvalue weighted by Gasteiger charge is -2.26. The zero-order valence-corrected chi connectivity index (χ0v) is 12.8. The van der Waals surface area contributed by atoms with Crippen LogP contribution in [0.3, 0.4) is 0 Å². The summed E-state index contributed by atoms with van der Waals surface area (Å²) in [6.45, 7) is 4.38. The maximum absolute atomic E-state index is 5.62. The Morgan fingerprint density at radius 1 is 0.818 bits per heavy atom. The van der Waals surface area contributed by atoms with Crippen molar-refractivity contribution in [3.05, 3.63) is 65.7 Å². The SMILES string of the molecule is CC(C)(c1ccccc1)c1ccc(N=C(N)N=C(N)N)cc1. The van der Waals surface area contributed by atoms with Crippen molar-refractivity contribution in [2.24, 2.45) is 27.2 Å². The van der Waals surface area contributed by atoms with Crippen LogP contribution in [-0.4, -0.2) is 11.9 Å². The molecule has 0 bridgehead atoms. The number of rotatable bonds is 3. The molecule has 0 saturated heterocycles. The van der Waals surface area contributed by atoms with Gasteiger partial charge in [-0.3, -0.25) is 0 Å². The fourth-order valence-corrected chi connectivity index (χ4v) is 2.26. The summed E-state index contributed by atoms with van der Waals surface area (Å²) in [6.07, 6.45) is 0. The Balaban J connectivity index is 2.28. The van der Waals surface area contributed by atoms with E-state index < -0.39 is 0 Å². The summed E-state index contributed by atoms with van der Waals surface area (Å²) in [5, 5.41) is 0. The van der Waals surface area contributed by atoms with E-state index in [9.17, 15) is 0 Å². The number of aliphatic imine (C=N–C) groups is 2. The summed E-state index contributed by atoms with van der Waals surface area (Å²) in [4.78, 5) is 7.83. The van der Waals surface area contributed by atoms with Gasteiger partial charge < -0.3 is 17.2 Å². The molecule has 0 radical (unpaired) electrons. The number of hydrogen-bond acceptors (Lipinski definition) is 1. The molecule has 0 fully saturated rings. The van der Waals surface area contributed by atoms with Crippen LogP contribution in [0.2, 0.25) is 0 Å². The van der Waals surface area contributed by atoms with E-state index in [0.29, 0.717) is 5.69 Å². The van der Waals surface area contributed by atoms with E-state index in [1.54, 1.807) is 0 Å². The normalized spacial score (nSPS) is 12.0. The minimum atomic E-state index is -0.108.